The lowest BCUT2D eigenvalue weighted by Gasteiger charge is -2.14. The topological polar surface area (TPSA) is 90.2 Å². The van der Waals surface area contributed by atoms with E-state index in [0.717, 1.165) is 12.1 Å². The van der Waals surface area contributed by atoms with Crippen LogP contribution in [0.2, 0.25) is 5.02 Å². The smallest absolute Gasteiger partial charge is 0.449 e. The average molecular weight is 390 g/mol. The maximum Gasteiger partial charge on any atom is 0.573 e. The summed E-state index contributed by atoms with van der Waals surface area (Å²) < 4.78 is 83.9. The number of aromatic nitrogens is 2. The van der Waals surface area contributed by atoms with Gasteiger partial charge in [0.2, 0.25) is 11.7 Å². The molecule has 6 nitrogen and oxygen atoms in total. The second-order valence-corrected chi connectivity index (χ2v) is 4.78. The van der Waals surface area contributed by atoms with E-state index in [0.29, 0.717) is 6.07 Å². The van der Waals surface area contributed by atoms with Gasteiger partial charge in [-0.05, 0) is 12.1 Å². The molecule has 0 aliphatic heterocycles. The molecule has 0 amide bonds. The number of aromatic amines is 1. The van der Waals surface area contributed by atoms with Gasteiger partial charge < -0.3 is 15.2 Å². The first-order valence-corrected chi connectivity index (χ1v) is 6.45. The molecule has 0 saturated heterocycles. The van der Waals surface area contributed by atoms with E-state index < -0.39 is 52.0 Å². The van der Waals surface area contributed by atoms with Gasteiger partial charge in [-0.1, -0.05) is 11.6 Å². The Hall–Kier alpha value is -2.63. The lowest BCUT2D eigenvalue weighted by atomic mass is 10.3. The maximum absolute atomic E-state index is 12.9. The summed E-state index contributed by atoms with van der Waals surface area (Å²) in [6, 6.07) is 2.37. The van der Waals surface area contributed by atoms with Crippen LogP contribution in [0.4, 0.5) is 32.3 Å². The van der Waals surface area contributed by atoms with Crippen LogP contribution in [0.1, 0.15) is 5.69 Å². The Morgan fingerprint density at radius 3 is 2.36 bits per heavy atom. The zero-order chi connectivity index (χ0) is 19.0. The summed E-state index contributed by atoms with van der Waals surface area (Å²) in [5, 5.41) is -0.481. The van der Waals surface area contributed by atoms with E-state index in [4.69, 9.17) is 22.1 Å². The van der Waals surface area contributed by atoms with Gasteiger partial charge in [-0.2, -0.15) is 13.2 Å². The van der Waals surface area contributed by atoms with Crippen molar-refractivity contribution in [2.75, 3.05) is 5.73 Å². The number of nitrogens with one attached hydrogen (secondary N) is 1. The monoisotopic (exact) mass is 389 g/mol. The minimum Gasteiger partial charge on any atom is -0.449 e. The van der Waals surface area contributed by atoms with Gasteiger partial charge >= 0.3 is 12.5 Å². The summed E-state index contributed by atoms with van der Waals surface area (Å²) in [6.45, 7) is 0. The first kappa shape index (κ1) is 18.7. The van der Waals surface area contributed by atoms with Crippen molar-refractivity contribution >= 4 is 17.5 Å². The van der Waals surface area contributed by atoms with Gasteiger partial charge in [-0.25, -0.2) is 4.98 Å². The number of alkyl halides is 6. The van der Waals surface area contributed by atoms with E-state index in [2.05, 4.69) is 9.72 Å². The third-order valence-electron chi connectivity index (χ3n) is 2.51. The summed E-state index contributed by atoms with van der Waals surface area (Å²) in [4.78, 5) is 16.4. The normalized spacial score (nSPS) is 12.1. The van der Waals surface area contributed by atoms with Gasteiger partial charge in [-0.15, -0.1) is 13.2 Å². The van der Waals surface area contributed by atoms with Gasteiger partial charge in [0, 0.05) is 6.07 Å². The number of nitrogens with two attached hydrogens (primary N) is 1. The molecule has 2 aromatic rings. The molecule has 0 atom stereocenters. The fraction of sp³-hybridized carbons (Fsp3) is 0.167. The summed E-state index contributed by atoms with van der Waals surface area (Å²) >= 11 is 5.50. The zero-order valence-electron chi connectivity index (χ0n) is 11.6. The second-order valence-electron chi connectivity index (χ2n) is 4.37. The number of anilines is 1. The number of hydrogen-bond acceptors (Lipinski definition) is 5. The molecule has 1 aromatic carbocycles. The molecule has 3 N–H and O–H groups in total. The van der Waals surface area contributed by atoms with Gasteiger partial charge in [0.15, 0.2) is 11.4 Å². The van der Waals surface area contributed by atoms with Crippen molar-refractivity contribution in [2.45, 2.75) is 12.5 Å². The first-order chi connectivity index (χ1) is 11.4. The molecule has 0 spiro atoms. The van der Waals surface area contributed by atoms with Crippen molar-refractivity contribution in [3.63, 3.8) is 0 Å². The number of benzene rings is 1. The first-order valence-electron chi connectivity index (χ1n) is 6.07. The van der Waals surface area contributed by atoms with E-state index in [1.54, 1.807) is 4.98 Å². The van der Waals surface area contributed by atoms with Crippen molar-refractivity contribution in [3.8, 4) is 17.2 Å². The second kappa shape index (κ2) is 6.35. The van der Waals surface area contributed by atoms with Crippen LogP contribution in [-0.2, 0) is 6.18 Å². The number of rotatable bonds is 3. The molecule has 0 unspecified atom stereocenters. The lowest BCUT2D eigenvalue weighted by Crippen LogP contribution is -2.21. The molecule has 25 heavy (non-hydrogen) atoms. The number of ether oxygens (including phenoxy) is 2. The van der Waals surface area contributed by atoms with Gasteiger partial charge in [0.25, 0.3) is 5.56 Å². The lowest BCUT2D eigenvalue weighted by molar-refractivity contribution is -0.274. The highest BCUT2D eigenvalue weighted by Crippen LogP contribution is 2.37. The number of nitrogens with zero attached hydrogens (tertiary/aromatic N) is 1. The van der Waals surface area contributed by atoms with Crippen LogP contribution in [0.3, 0.4) is 0 Å². The van der Waals surface area contributed by atoms with Crippen LogP contribution >= 0.6 is 11.6 Å². The average Bonchev–Trinajstić information content (AvgIpc) is 2.42. The molecule has 2 rings (SSSR count). The van der Waals surface area contributed by atoms with Gasteiger partial charge in [0.05, 0.1) is 5.02 Å². The molecule has 136 valence electrons. The summed E-state index contributed by atoms with van der Waals surface area (Å²) in [5.74, 6) is -3.63. The summed E-state index contributed by atoms with van der Waals surface area (Å²) in [6.07, 6.45) is -10.2. The van der Waals surface area contributed by atoms with E-state index in [-0.39, 0.29) is 0 Å². The molecule has 13 heteroatoms. The minimum atomic E-state index is -5.10. The van der Waals surface area contributed by atoms with Crippen molar-refractivity contribution in [2.24, 2.45) is 0 Å². The van der Waals surface area contributed by atoms with Crippen LogP contribution in [-0.4, -0.2) is 16.3 Å². The van der Waals surface area contributed by atoms with Crippen LogP contribution in [0.25, 0.3) is 0 Å². The Balaban J connectivity index is 2.47. The van der Waals surface area contributed by atoms with Crippen molar-refractivity contribution in [1.29, 1.82) is 0 Å². The molecule has 0 bridgehead atoms. The third-order valence-corrected chi connectivity index (χ3v) is 2.82. The zero-order valence-corrected chi connectivity index (χ0v) is 12.4. The van der Waals surface area contributed by atoms with Crippen molar-refractivity contribution in [3.05, 3.63) is 39.3 Å². The quantitative estimate of drug-likeness (QED) is 0.781. The fourth-order valence-electron chi connectivity index (χ4n) is 1.63. The Kier molecular flexibility index (Phi) is 4.75. The van der Waals surface area contributed by atoms with Crippen LogP contribution in [0.15, 0.2) is 23.0 Å². The Labute approximate surface area is 139 Å². The molecular formula is C12H6ClF6N3O3. The van der Waals surface area contributed by atoms with E-state index in [1.165, 1.54) is 0 Å². The molecule has 1 aromatic heterocycles. The highest BCUT2D eigenvalue weighted by molar-refractivity contribution is 6.32. The Morgan fingerprint density at radius 2 is 1.80 bits per heavy atom. The highest BCUT2D eigenvalue weighted by atomic mass is 35.5. The molecule has 0 fully saturated rings. The van der Waals surface area contributed by atoms with E-state index in [1.807, 2.05) is 0 Å². The predicted octanol–water partition coefficient (Wildman–Crippen LogP) is 3.72. The van der Waals surface area contributed by atoms with Crippen molar-refractivity contribution < 1.29 is 35.8 Å². The van der Waals surface area contributed by atoms with Crippen molar-refractivity contribution in [1.82, 2.24) is 9.97 Å². The van der Waals surface area contributed by atoms with Crippen LogP contribution < -0.4 is 20.8 Å². The number of hydrogen-bond donors (Lipinski definition) is 2. The maximum atomic E-state index is 12.9. The number of H-pyrrole nitrogens is 1. The molecule has 0 radical (unpaired) electrons. The minimum absolute atomic E-state index is 0.481. The largest absolute Gasteiger partial charge is 0.573 e. The molecular weight excluding hydrogens is 384 g/mol. The van der Waals surface area contributed by atoms with Gasteiger partial charge in [0.1, 0.15) is 5.75 Å². The van der Waals surface area contributed by atoms with E-state index in [9.17, 15) is 31.1 Å². The van der Waals surface area contributed by atoms with Crippen LogP contribution in [0.5, 0.6) is 17.2 Å². The SMILES string of the molecule is Nc1nc(C(F)(F)F)c(Oc2ccc(Cl)c(OC(F)(F)F)c2)c(=O)[nH]1. The standard InChI is InChI=1S/C12H6ClF6N3O3/c13-5-2-1-4(3-6(5)25-12(17,18)19)24-7-8(11(14,15)16)21-10(20)22-9(7)23/h1-3H,(H3,20,21,22,23). The van der Waals surface area contributed by atoms with Gasteiger partial charge in [-0.3, -0.25) is 9.78 Å². The summed E-state index contributed by atoms with van der Waals surface area (Å²) in [7, 11) is 0. The highest BCUT2D eigenvalue weighted by Gasteiger charge is 2.39. The molecule has 1 heterocycles. The predicted molar refractivity (Wildman–Crippen MR) is 72.5 cm³/mol. The number of halogens is 7. The molecule has 0 aliphatic carbocycles. The fourth-order valence-corrected chi connectivity index (χ4v) is 1.79. The Morgan fingerprint density at radius 1 is 1.16 bits per heavy atom. The molecule has 0 saturated carbocycles. The third kappa shape index (κ3) is 4.68. The summed E-state index contributed by atoms with van der Waals surface area (Å²) in [5.41, 5.74) is 1.92. The number of nitrogen functional groups attached to an aromatic ring is 1. The molecule has 0 aliphatic rings. The van der Waals surface area contributed by atoms with E-state index >= 15 is 0 Å². The van der Waals surface area contributed by atoms with Crippen LogP contribution in [0, 0.1) is 0 Å². The Bertz CT molecular complexity index is 849.